The Morgan fingerprint density at radius 2 is 2.00 bits per heavy atom. The Morgan fingerprint density at radius 1 is 1.32 bits per heavy atom. The fourth-order valence-corrected chi connectivity index (χ4v) is 4.52. The van der Waals surface area contributed by atoms with Gasteiger partial charge in [0.2, 0.25) is 11.8 Å². The summed E-state index contributed by atoms with van der Waals surface area (Å²) in [6, 6.07) is -2.43. The van der Waals surface area contributed by atoms with Crippen molar-refractivity contribution in [3.05, 3.63) is 29.4 Å². The number of hydrogen-bond acceptors (Lipinski definition) is 5. The van der Waals surface area contributed by atoms with Gasteiger partial charge in [0, 0.05) is 20.0 Å². The van der Waals surface area contributed by atoms with E-state index in [2.05, 4.69) is 4.98 Å². The molecule has 0 bridgehead atoms. The first-order chi connectivity index (χ1) is 15.9. The highest BCUT2D eigenvalue weighted by molar-refractivity contribution is 5.79. The highest BCUT2D eigenvalue weighted by Crippen LogP contribution is 2.41. The minimum atomic E-state index is -4.64. The molecule has 2 amide bonds. The Morgan fingerprint density at radius 3 is 2.59 bits per heavy atom. The number of carbonyl (C=O) groups excluding carboxylic acids is 1. The zero-order valence-corrected chi connectivity index (χ0v) is 18.2. The zero-order valence-electron chi connectivity index (χ0n) is 18.2. The van der Waals surface area contributed by atoms with E-state index in [1.54, 1.807) is 0 Å². The van der Waals surface area contributed by atoms with E-state index < -0.39 is 48.6 Å². The van der Waals surface area contributed by atoms with Crippen LogP contribution in [0.15, 0.2) is 16.5 Å². The third-order valence-corrected chi connectivity index (χ3v) is 6.46. The molecule has 1 aliphatic carbocycles. The number of hydrogen-bond donors (Lipinski definition) is 2. The van der Waals surface area contributed by atoms with Gasteiger partial charge in [-0.15, -0.1) is 0 Å². The number of urea groups is 1. The molecule has 0 radical (unpaired) electrons. The largest absolute Gasteiger partial charge is 0.436 e. The quantitative estimate of drug-likeness (QED) is 0.580. The third kappa shape index (κ3) is 4.81. The molecular weight excluding hydrogens is 470 g/mol. The summed E-state index contributed by atoms with van der Waals surface area (Å²) in [5.74, 6) is -3.91. The number of methoxy groups -OCH3 is 1. The van der Waals surface area contributed by atoms with Crippen molar-refractivity contribution < 1.29 is 40.3 Å². The average molecular weight is 494 g/mol. The van der Waals surface area contributed by atoms with Crippen molar-refractivity contribution in [1.82, 2.24) is 15.2 Å². The number of nitrogens with zero attached hydrogens (tertiary/aromatic N) is 2. The van der Waals surface area contributed by atoms with Gasteiger partial charge < -0.3 is 25.1 Å². The summed E-state index contributed by atoms with van der Waals surface area (Å²) in [6.07, 6.45) is -4.92. The Kier molecular flexibility index (Phi) is 6.44. The normalized spacial score (nSPS) is 23.4. The monoisotopic (exact) mass is 494 g/mol. The molecule has 13 heteroatoms. The summed E-state index contributed by atoms with van der Waals surface area (Å²) >= 11 is 0. The number of nitrogens with two attached hydrogens (primary N) is 1. The first-order valence-corrected chi connectivity index (χ1v) is 10.8. The summed E-state index contributed by atoms with van der Waals surface area (Å²) in [6.45, 7) is -0.860. The molecule has 1 saturated carbocycles. The first kappa shape index (κ1) is 24.6. The lowest BCUT2D eigenvalue weighted by molar-refractivity contribution is -0.150. The maximum Gasteiger partial charge on any atom is 0.410 e. The van der Waals surface area contributed by atoms with E-state index >= 15 is 0 Å². The smallest absolute Gasteiger partial charge is 0.410 e. The number of aromatic nitrogens is 1. The molecule has 4 rings (SSSR count). The lowest BCUT2D eigenvalue weighted by Gasteiger charge is -2.30. The van der Waals surface area contributed by atoms with Gasteiger partial charge in [-0.1, -0.05) is 0 Å². The van der Waals surface area contributed by atoms with Gasteiger partial charge in [-0.05, 0) is 36.5 Å². The topological polar surface area (TPSA) is 93.6 Å². The fourth-order valence-electron chi connectivity index (χ4n) is 4.52. The number of oxazole rings is 1. The minimum Gasteiger partial charge on any atom is -0.436 e. The lowest BCUT2D eigenvalue weighted by Crippen LogP contribution is -2.40. The van der Waals surface area contributed by atoms with Gasteiger partial charge in [-0.2, -0.15) is 13.2 Å². The van der Waals surface area contributed by atoms with Gasteiger partial charge in [0.15, 0.2) is 11.4 Å². The van der Waals surface area contributed by atoms with E-state index in [9.17, 15) is 31.1 Å². The van der Waals surface area contributed by atoms with Crippen LogP contribution >= 0.6 is 0 Å². The molecule has 1 aliphatic heterocycles. The maximum absolute atomic E-state index is 14.9. The number of fused-ring (bicyclic) bond motifs is 1. The summed E-state index contributed by atoms with van der Waals surface area (Å²) < 4.78 is 91.7. The lowest BCUT2D eigenvalue weighted by atomic mass is 9.82. The highest BCUT2D eigenvalue weighted by Gasteiger charge is 2.48. The average Bonchev–Trinajstić information content (AvgIpc) is 3.35. The molecule has 0 spiro atoms. The second kappa shape index (κ2) is 8.91. The SMILES string of the molecule is COC[C@@H](c1cc(F)c2oc([C@@H](N)C3CCC(F)(F)CC3)nc2c1)N1C[C@@H](C(F)(F)F)NC1=O. The maximum atomic E-state index is 14.9. The van der Waals surface area contributed by atoms with Crippen LogP contribution in [-0.2, 0) is 4.74 Å². The van der Waals surface area contributed by atoms with Crippen molar-refractivity contribution in [1.29, 1.82) is 0 Å². The van der Waals surface area contributed by atoms with E-state index in [4.69, 9.17) is 14.9 Å². The van der Waals surface area contributed by atoms with Gasteiger partial charge in [0.25, 0.3) is 0 Å². The number of ether oxygens (including phenoxy) is 1. The van der Waals surface area contributed by atoms with E-state index in [1.807, 2.05) is 5.32 Å². The zero-order chi connectivity index (χ0) is 24.8. The van der Waals surface area contributed by atoms with Crippen LogP contribution in [0.2, 0.25) is 0 Å². The molecule has 1 saturated heterocycles. The molecular formula is C21H24F6N4O3. The van der Waals surface area contributed by atoms with Crippen molar-refractivity contribution in [2.75, 3.05) is 20.3 Å². The van der Waals surface area contributed by atoms with E-state index in [1.165, 1.54) is 13.2 Å². The third-order valence-electron chi connectivity index (χ3n) is 6.46. The summed E-state index contributed by atoms with van der Waals surface area (Å²) in [5.41, 5.74) is 6.18. The number of halogens is 6. The molecule has 2 aromatic rings. The van der Waals surface area contributed by atoms with Crippen molar-refractivity contribution in [2.45, 2.75) is 55.9 Å². The second-order valence-electron chi connectivity index (χ2n) is 8.79. The van der Waals surface area contributed by atoms with Gasteiger partial charge >= 0.3 is 12.2 Å². The van der Waals surface area contributed by atoms with Crippen molar-refractivity contribution in [3.8, 4) is 0 Å². The summed E-state index contributed by atoms with van der Waals surface area (Å²) in [7, 11) is 1.30. The number of rotatable bonds is 6. The van der Waals surface area contributed by atoms with Crippen LogP contribution in [0.1, 0.15) is 49.2 Å². The predicted octanol–water partition coefficient (Wildman–Crippen LogP) is 4.44. The van der Waals surface area contributed by atoms with E-state index in [0.717, 1.165) is 11.0 Å². The molecule has 3 N–H and O–H groups in total. The second-order valence-corrected chi connectivity index (χ2v) is 8.79. The minimum absolute atomic E-state index is 0.0133. The number of alkyl halides is 5. The molecule has 188 valence electrons. The Bertz CT molecular complexity index is 1050. The fraction of sp³-hybridized carbons (Fsp3) is 0.619. The molecule has 7 nitrogen and oxygen atoms in total. The van der Waals surface area contributed by atoms with Crippen molar-refractivity contribution in [2.24, 2.45) is 11.7 Å². The molecule has 1 aromatic carbocycles. The standard InChI is InChI=1S/C21H24F6N4O3/c1-33-9-14(31-8-15(21(25,26)27)30-19(31)32)11-6-12(22)17-13(7-11)29-18(34-17)16(28)10-2-4-20(23,24)5-3-10/h6-7,10,14-16H,2-5,8-9,28H2,1H3,(H,30,32)/t14-,15-,16-/m0/s1. The van der Waals surface area contributed by atoms with E-state index in [0.29, 0.717) is 0 Å². The van der Waals surface area contributed by atoms with Crippen molar-refractivity contribution >= 4 is 17.1 Å². The Balaban J connectivity index is 1.61. The van der Waals surface area contributed by atoms with Gasteiger partial charge in [-0.3, -0.25) is 0 Å². The van der Waals surface area contributed by atoms with E-state index in [-0.39, 0.29) is 60.8 Å². The number of nitrogens with one attached hydrogen (secondary N) is 1. The van der Waals surface area contributed by atoms with Crippen LogP contribution in [-0.4, -0.2) is 54.3 Å². The Labute approximate surface area is 190 Å². The number of carbonyl (C=O) groups is 1. The van der Waals surface area contributed by atoms with Crippen LogP contribution in [0, 0.1) is 11.7 Å². The number of benzene rings is 1. The van der Waals surface area contributed by atoms with Gasteiger partial charge in [-0.25, -0.2) is 22.9 Å². The first-order valence-electron chi connectivity index (χ1n) is 10.8. The predicted molar refractivity (Wildman–Crippen MR) is 107 cm³/mol. The molecule has 0 unspecified atom stereocenters. The van der Waals surface area contributed by atoms with Crippen molar-refractivity contribution in [3.63, 3.8) is 0 Å². The van der Waals surface area contributed by atoms with Gasteiger partial charge in [0.1, 0.15) is 11.6 Å². The highest BCUT2D eigenvalue weighted by atomic mass is 19.4. The molecule has 2 aliphatic rings. The molecule has 1 aromatic heterocycles. The molecule has 3 atom stereocenters. The Hall–Kier alpha value is -2.54. The molecule has 2 fully saturated rings. The number of amides is 2. The van der Waals surface area contributed by atoms with Crippen LogP contribution < -0.4 is 11.1 Å². The van der Waals surface area contributed by atoms with Crippen LogP contribution in [0.3, 0.4) is 0 Å². The molecule has 2 heterocycles. The molecule has 34 heavy (non-hydrogen) atoms. The summed E-state index contributed by atoms with van der Waals surface area (Å²) in [4.78, 5) is 17.4. The van der Waals surface area contributed by atoms with Crippen LogP contribution in [0.25, 0.3) is 11.1 Å². The summed E-state index contributed by atoms with van der Waals surface area (Å²) in [5, 5.41) is 1.87. The van der Waals surface area contributed by atoms with Gasteiger partial charge in [0.05, 0.1) is 25.2 Å². The van der Waals surface area contributed by atoms with Crippen LogP contribution in [0.5, 0.6) is 0 Å². The van der Waals surface area contributed by atoms with Crippen LogP contribution in [0.4, 0.5) is 31.1 Å².